The lowest BCUT2D eigenvalue weighted by Crippen LogP contribution is -2.29. The summed E-state index contributed by atoms with van der Waals surface area (Å²) in [6, 6.07) is 31.2. The van der Waals surface area contributed by atoms with E-state index in [2.05, 4.69) is 49.0 Å². The SMILES string of the molecule is O=C(O)[C@@H](S)C(O)/C=C/CCC(c1ccccc1)(c1ccccc1)c1ccccc1. The summed E-state index contributed by atoms with van der Waals surface area (Å²) in [4.78, 5) is 11.0. The molecule has 3 aromatic carbocycles. The number of aliphatic hydroxyl groups is 1. The van der Waals surface area contributed by atoms with Gasteiger partial charge in [-0.3, -0.25) is 4.79 Å². The lowest BCUT2D eigenvalue weighted by molar-refractivity contribution is -0.137. The van der Waals surface area contributed by atoms with Crippen LogP contribution in [0.1, 0.15) is 29.5 Å². The Morgan fingerprint density at radius 1 is 0.833 bits per heavy atom. The average molecular weight is 419 g/mol. The number of aliphatic hydroxyl groups excluding tert-OH is 1. The third kappa shape index (κ3) is 4.84. The molecule has 0 heterocycles. The van der Waals surface area contributed by atoms with E-state index >= 15 is 0 Å². The van der Waals surface area contributed by atoms with Crippen molar-refractivity contribution in [3.63, 3.8) is 0 Å². The summed E-state index contributed by atoms with van der Waals surface area (Å²) in [6.07, 6.45) is 3.66. The number of carboxylic acids is 1. The Morgan fingerprint density at radius 2 is 1.23 bits per heavy atom. The fourth-order valence-corrected chi connectivity index (χ4v) is 3.99. The number of aliphatic carboxylic acids is 1. The molecule has 2 atom stereocenters. The topological polar surface area (TPSA) is 57.5 Å². The van der Waals surface area contributed by atoms with Crippen LogP contribution in [0.2, 0.25) is 0 Å². The zero-order valence-corrected chi connectivity index (χ0v) is 17.5. The van der Waals surface area contributed by atoms with Crippen LogP contribution in [0.4, 0.5) is 0 Å². The highest BCUT2D eigenvalue weighted by molar-refractivity contribution is 7.81. The van der Waals surface area contributed by atoms with E-state index in [-0.39, 0.29) is 5.41 Å². The second kappa shape index (κ2) is 10.3. The minimum absolute atomic E-state index is 0.369. The van der Waals surface area contributed by atoms with E-state index in [0.717, 1.165) is 6.42 Å². The lowest BCUT2D eigenvalue weighted by atomic mass is 9.67. The molecule has 0 saturated carbocycles. The summed E-state index contributed by atoms with van der Waals surface area (Å²) in [5.74, 6) is -1.14. The molecule has 0 aliphatic carbocycles. The Labute approximate surface area is 183 Å². The molecule has 3 rings (SSSR count). The smallest absolute Gasteiger partial charge is 0.319 e. The van der Waals surface area contributed by atoms with Gasteiger partial charge in [-0.25, -0.2) is 0 Å². The Hall–Kier alpha value is -2.82. The first kappa shape index (κ1) is 21.9. The van der Waals surface area contributed by atoms with E-state index in [1.807, 2.05) is 60.7 Å². The first-order chi connectivity index (χ1) is 14.6. The Bertz CT molecular complexity index is 859. The highest BCUT2D eigenvalue weighted by Gasteiger charge is 2.35. The van der Waals surface area contributed by atoms with Gasteiger partial charge < -0.3 is 10.2 Å². The zero-order chi connectivity index (χ0) is 21.4. The second-order valence-electron chi connectivity index (χ2n) is 7.24. The van der Waals surface area contributed by atoms with Crippen LogP contribution in [0.5, 0.6) is 0 Å². The van der Waals surface area contributed by atoms with Crippen molar-refractivity contribution in [2.75, 3.05) is 0 Å². The highest BCUT2D eigenvalue weighted by Crippen LogP contribution is 2.43. The van der Waals surface area contributed by atoms with Crippen molar-refractivity contribution in [1.82, 2.24) is 0 Å². The molecule has 30 heavy (non-hydrogen) atoms. The molecule has 0 radical (unpaired) electrons. The van der Waals surface area contributed by atoms with Crippen LogP contribution in [0, 0.1) is 0 Å². The summed E-state index contributed by atoms with van der Waals surface area (Å²) < 4.78 is 0. The minimum Gasteiger partial charge on any atom is -0.480 e. The molecule has 0 saturated heterocycles. The second-order valence-corrected chi connectivity index (χ2v) is 7.80. The third-order valence-corrected chi connectivity index (χ3v) is 5.92. The standard InChI is InChI=1S/C26H26O3S/c27-23(24(30)25(28)29)18-10-11-19-26(20-12-4-1-5-13-20,21-14-6-2-7-15-21)22-16-8-3-9-17-22/h1-10,12-18,23-24,27,30H,11,19H2,(H,28,29)/b18-10+/t23?,24-/m0/s1. The highest BCUT2D eigenvalue weighted by atomic mass is 32.1. The number of benzene rings is 3. The normalized spacial score (nSPS) is 13.8. The Kier molecular flexibility index (Phi) is 7.50. The van der Waals surface area contributed by atoms with Gasteiger partial charge in [0.2, 0.25) is 0 Å². The minimum atomic E-state index is -1.14. The van der Waals surface area contributed by atoms with Crippen LogP contribution >= 0.6 is 12.6 Å². The maximum Gasteiger partial charge on any atom is 0.319 e. The van der Waals surface area contributed by atoms with Gasteiger partial charge in [0, 0.05) is 5.41 Å². The number of carbonyl (C=O) groups is 1. The predicted molar refractivity (Wildman–Crippen MR) is 124 cm³/mol. The number of rotatable bonds is 9. The molecule has 0 aliphatic heterocycles. The van der Waals surface area contributed by atoms with Gasteiger partial charge in [-0.2, -0.15) is 12.6 Å². The number of thiol groups is 1. The van der Waals surface area contributed by atoms with E-state index in [9.17, 15) is 9.90 Å². The first-order valence-corrected chi connectivity index (χ1v) is 10.5. The van der Waals surface area contributed by atoms with E-state index in [0.29, 0.717) is 6.42 Å². The molecular formula is C26H26O3S. The Morgan fingerprint density at radius 3 is 1.60 bits per heavy atom. The van der Waals surface area contributed by atoms with Gasteiger partial charge in [0.05, 0.1) is 6.10 Å². The fraction of sp³-hybridized carbons (Fsp3) is 0.192. The van der Waals surface area contributed by atoms with E-state index in [4.69, 9.17) is 5.11 Å². The van der Waals surface area contributed by atoms with Gasteiger partial charge in [-0.15, -0.1) is 0 Å². The van der Waals surface area contributed by atoms with Crippen LogP contribution < -0.4 is 0 Å². The first-order valence-electron chi connectivity index (χ1n) is 9.98. The fourth-order valence-electron chi connectivity index (χ4n) is 3.89. The van der Waals surface area contributed by atoms with Crippen LogP contribution in [0.15, 0.2) is 103 Å². The van der Waals surface area contributed by atoms with Gasteiger partial charge in [0.15, 0.2) is 0 Å². The van der Waals surface area contributed by atoms with Crippen LogP contribution in [-0.2, 0) is 10.2 Å². The molecule has 0 fully saturated rings. The van der Waals surface area contributed by atoms with Crippen LogP contribution in [-0.4, -0.2) is 27.5 Å². The molecule has 0 aromatic heterocycles. The molecule has 1 unspecified atom stereocenters. The zero-order valence-electron chi connectivity index (χ0n) is 16.6. The Balaban J connectivity index is 2.00. The van der Waals surface area contributed by atoms with Gasteiger partial charge in [0.1, 0.15) is 5.25 Å². The number of hydrogen-bond acceptors (Lipinski definition) is 3. The molecule has 0 spiro atoms. The predicted octanol–water partition coefficient (Wildman–Crippen LogP) is 5.10. The van der Waals surface area contributed by atoms with Crippen molar-refractivity contribution in [1.29, 1.82) is 0 Å². The third-order valence-electron chi connectivity index (χ3n) is 5.40. The van der Waals surface area contributed by atoms with Crippen molar-refractivity contribution < 1.29 is 15.0 Å². The van der Waals surface area contributed by atoms with Crippen molar-refractivity contribution in [3.05, 3.63) is 120 Å². The average Bonchev–Trinajstić information content (AvgIpc) is 2.80. The molecule has 2 N–H and O–H groups in total. The summed E-state index contributed by atoms with van der Waals surface area (Å²) in [5.41, 5.74) is 3.20. The van der Waals surface area contributed by atoms with Crippen molar-refractivity contribution in [3.8, 4) is 0 Å². The maximum atomic E-state index is 11.0. The molecule has 4 heteroatoms. The molecular weight excluding hydrogens is 392 g/mol. The summed E-state index contributed by atoms with van der Waals surface area (Å²) >= 11 is 3.95. The molecule has 0 aliphatic rings. The van der Waals surface area contributed by atoms with Gasteiger partial charge in [-0.1, -0.05) is 103 Å². The number of hydrogen-bond donors (Lipinski definition) is 3. The molecule has 0 amide bonds. The quantitative estimate of drug-likeness (QED) is 0.257. The van der Waals surface area contributed by atoms with E-state index in [1.54, 1.807) is 0 Å². The molecule has 3 aromatic rings. The summed E-state index contributed by atoms with van der Waals surface area (Å²) in [7, 11) is 0. The summed E-state index contributed by atoms with van der Waals surface area (Å²) in [5, 5.41) is 17.9. The number of allylic oxidation sites excluding steroid dienone is 1. The van der Waals surface area contributed by atoms with Gasteiger partial charge in [-0.05, 0) is 29.5 Å². The van der Waals surface area contributed by atoms with Crippen molar-refractivity contribution >= 4 is 18.6 Å². The van der Waals surface area contributed by atoms with E-state index in [1.165, 1.54) is 22.8 Å². The number of carboxylic acid groups (broad SMARTS) is 1. The largest absolute Gasteiger partial charge is 0.480 e. The van der Waals surface area contributed by atoms with Crippen LogP contribution in [0.3, 0.4) is 0 Å². The molecule has 154 valence electrons. The van der Waals surface area contributed by atoms with E-state index < -0.39 is 17.3 Å². The monoisotopic (exact) mass is 418 g/mol. The van der Waals surface area contributed by atoms with Crippen molar-refractivity contribution in [2.45, 2.75) is 29.6 Å². The summed E-state index contributed by atoms with van der Waals surface area (Å²) in [6.45, 7) is 0. The molecule has 0 bridgehead atoms. The van der Waals surface area contributed by atoms with Crippen molar-refractivity contribution in [2.24, 2.45) is 0 Å². The van der Waals surface area contributed by atoms with Gasteiger partial charge in [0.25, 0.3) is 0 Å². The van der Waals surface area contributed by atoms with Gasteiger partial charge >= 0.3 is 5.97 Å². The lowest BCUT2D eigenvalue weighted by Gasteiger charge is -2.36. The maximum absolute atomic E-state index is 11.0. The van der Waals surface area contributed by atoms with Crippen LogP contribution in [0.25, 0.3) is 0 Å². The molecule has 3 nitrogen and oxygen atoms in total.